The summed E-state index contributed by atoms with van der Waals surface area (Å²) in [5.74, 6) is 0.749. The van der Waals surface area contributed by atoms with Crippen molar-refractivity contribution in [2.24, 2.45) is 5.92 Å². The van der Waals surface area contributed by atoms with Gasteiger partial charge in [0.2, 0.25) is 5.91 Å². The lowest BCUT2D eigenvalue weighted by molar-refractivity contribution is -0.131. The van der Waals surface area contributed by atoms with Gasteiger partial charge in [-0.05, 0) is 18.4 Å². The number of nitrogens with zero attached hydrogens (tertiary/aromatic N) is 4. The van der Waals surface area contributed by atoms with Crippen LogP contribution >= 0.6 is 0 Å². The number of hydrogen-bond acceptors (Lipinski definition) is 4. The first-order valence-corrected chi connectivity index (χ1v) is 8.26. The van der Waals surface area contributed by atoms with E-state index < -0.39 is 0 Å². The number of carbonyl (C=O) groups is 1. The molecule has 3 rings (SSSR count). The highest BCUT2D eigenvalue weighted by Gasteiger charge is 2.37. The van der Waals surface area contributed by atoms with E-state index in [2.05, 4.69) is 16.9 Å². The van der Waals surface area contributed by atoms with Crippen LogP contribution in [-0.4, -0.2) is 70.9 Å². The zero-order valence-corrected chi connectivity index (χ0v) is 13.6. The molecule has 3 heterocycles. The number of aryl methyl sites for hydroxylation is 1. The molecule has 0 spiro atoms. The van der Waals surface area contributed by atoms with Gasteiger partial charge in [0, 0.05) is 38.4 Å². The molecule has 0 aromatic carbocycles. The van der Waals surface area contributed by atoms with Crippen molar-refractivity contribution in [1.29, 1.82) is 0 Å². The Morgan fingerprint density at radius 1 is 1.36 bits per heavy atom. The van der Waals surface area contributed by atoms with Crippen molar-refractivity contribution in [3.63, 3.8) is 0 Å². The van der Waals surface area contributed by atoms with E-state index in [4.69, 9.17) is 4.74 Å². The van der Waals surface area contributed by atoms with Crippen LogP contribution in [0, 0.1) is 12.8 Å². The van der Waals surface area contributed by atoms with Crippen molar-refractivity contribution in [3.8, 4) is 0 Å². The lowest BCUT2D eigenvalue weighted by Gasteiger charge is -2.34. The largest absolute Gasteiger partial charge is 0.379 e. The van der Waals surface area contributed by atoms with Crippen molar-refractivity contribution in [2.75, 3.05) is 39.4 Å². The molecule has 0 radical (unpaired) electrons. The third-order valence-corrected chi connectivity index (χ3v) is 4.86. The topological polar surface area (TPSA) is 50.6 Å². The van der Waals surface area contributed by atoms with E-state index in [0.29, 0.717) is 18.5 Å². The van der Waals surface area contributed by atoms with Gasteiger partial charge in [0.1, 0.15) is 6.54 Å². The van der Waals surface area contributed by atoms with Gasteiger partial charge in [-0.25, -0.2) is 0 Å². The van der Waals surface area contributed by atoms with Crippen molar-refractivity contribution < 1.29 is 9.53 Å². The highest BCUT2D eigenvalue weighted by Crippen LogP contribution is 2.25. The molecule has 0 unspecified atom stereocenters. The van der Waals surface area contributed by atoms with Crippen molar-refractivity contribution in [2.45, 2.75) is 32.9 Å². The summed E-state index contributed by atoms with van der Waals surface area (Å²) in [6.45, 7) is 9.88. The first kappa shape index (κ1) is 15.5. The average Bonchev–Trinajstić information content (AvgIpc) is 3.14. The number of ether oxygens (including phenoxy) is 1. The van der Waals surface area contributed by atoms with Crippen LogP contribution in [0.15, 0.2) is 12.4 Å². The van der Waals surface area contributed by atoms with Crippen molar-refractivity contribution >= 4 is 5.91 Å². The predicted octanol–water partition coefficient (Wildman–Crippen LogP) is 0.761. The lowest BCUT2D eigenvalue weighted by Crippen LogP contribution is -2.47. The highest BCUT2D eigenvalue weighted by molar-refractivity contribution is 5.76. The summed E-state index contributed by atoms with van der Waals surface area (Å²) in [5, 5.41) is 4.22. The van der Waals surface area contributed by atoms with Crippen molar-refractivity contribution in [1.82, 2.24) is 19.6 Å². The van der Waals surface area contributed by atoms with Gasteiger partial charge in [0.15, 0.2) is 0 Å². The average molecular weight is 306 g/mol. The molecule has 0 N–H and O–H groups in total. The molecule has 122 valence electrons. The van der Waals surface area contributed by atoms with Crippen molar-refractivity contribution in [3.05, 3.63) is 18.0 Å². The van der Waals surface area contributed by atoms with Gasteiger partial charge in [-0.1, -0.05) is 13.3 Å². The monoisotopic (exact) mass is 306 g/mol. The molecule has 1 aromatic rings. The molecule has 2 atom stereocenters. The summed E-state index contributed by atoms with van der Waals surface area (Å²) in [6, 6.07) is 0.484. The van der Waals surface area contributed by atoms with E-state index in [0.717, 1.165) is 51.4 Å². The van der Waals surface area contributed by atoms with E-state index in [-0.39, 0.29) is 5.91 Å². The highest BCUT2D eigenvalue weighted by atomic mass is 16.5. The Kier molecular flexibility index (Phi) is 4.78. The lowest BCUT2D eigenvalue weighted by atomic mass is 9.99. The molecule has 2 aliphatic heterocycles. The second kappa shape index (κ2) is 6.79. The molecule has 6 nitrogen and oxygen atoms in total. The second-order valence-electron chi connectivity index (χ2n) is 6.40. The van der Waals surface area contributed by atoms with Crippen LogP contribution in [0.2, 0.25) is 0 Å². The molecular weight excluding hydrogens is 280 g/mol. The first-order valence-electron chi connectivity index (χ1n) is 8.26. The van der Waals surface area contributed by atoms with E-state index >= 15 is 0 Å². The molecule has 2 saturated heterocycles. The molecule has 1 amide bonds. The van der Waals surface area contributed by atoms with Gasteiger partial charge >= 0.3 is 0 Å². The quantitative estimate of drug-likeness (QED) is 0.824. The van der Waals surface area contributed by atoms with Gasteiger partial charge < -0.3 is 9.64 Å². The summed E-state index contributed by atoms with van der Waals surface area (Å²) >= 11 is 0. The van der Waals surface area contributed by atoms with Crippen LogP contribution in [0.1, 0.15) is 18.9 Å². The molecule has 0 aliphatic carbocycles. The smallest absolute Gasteiger partial charge is 0.244 e. The van der Waals surface area contributed by atoms with Gasteiger partial charge in [0.25, 0.3) is 0 Å². The van der Waals surface area contributed by atoms with Gasteiger partial charge in [-0.15, -0.1) is 0 Å². The molecule has 2 aliphatic rings. The molecular formula is C16H26N4O2. The van der Waals surface area contributed by atoms with E-state index in [1.54, 1.807) is 10.9 Å². The minimum absolute atomic E-state index is 0.178. The number of rotatable bonds is 4. The molecule has 0 saturated carbocycles. The maximum Gasteiger partial charge on any atom is 0.244 e. The van der Waals surface area contributed by atoms with E-state index in [1.165, 1.54) is 0 Å². The van der Waals surface area contributed by atoms with Crippen LogP contribution in [0.4, 0.5) is 0 Å². The molecule has 0 bridgehead atoms. The summed E-state index contributed by atoms with van der Waals surface area (Å²) in [4.78, 5) is 17.1. The third-order valence-electron chi connectivity index (χ3n) is 4.86. The molecule has 6 heteroatoms. The normalized spacial score (nSPS) is 26.5. The van der Waals surface area contributed by atoms with E-state index in [1.807, 2.05) is 18.0 Å². The Bertz CT molecular complexity index is 510. The maximum absolute atomic E-state index is 12.5. The SMILES string of the molecule is CC[C@H]1CN(C(=O)Cn2cc(C)cn2)C[C@@H]1N1CCOCC1. The van der Waals surface area contributed by atoms with Crippen LogP contribution in [0.3, 0.4) is 0 Å². The van der Waals surface area contributed by atoms with Crippen LogP contribution in [0.5, 0.6) is 0 Å². The Morgan fingerprint density at radius 2 is 2.14 bits per heavy atom. The van der Waals surface area contributed by atoms with E-state index in [9.17, 15) is 4.79 Å². The number of carbonyl (C=O) groups excluding carboxylic acids is 1. The summed E-state index contributed by atoms with van der Waals surface area (Å²) in [5.41, 5.74) is 1.09. The summed E-state index contributed by atoms with van der Waals surface area (Å²) in [6.07, 6.45) is 4.83. The summed E-state index contributed by atoms with van der Waals surface area (Å²) in [7, 11) is 0. The number of morpholine rings is 1. The minimum atomic E-state index is 0.178. The second-order valence-corrected chi connectivity index (χ2v) is 6.40. The zero-order valence-electron chi connectivity index (χ0n) is 13.6. The van der Waals surface area contributed by atoms with Crippen LogP contribution in [-0.2, 0) is 16.1 Å². The zero-order chi connectivity index (χ0) is 15.5. The molecule has 22 heavy (non-hydrogen) atoms. The fraction of sp³-hybridized carbons (Fsp3) is 0.750. The van der Waals surface area contributed by atoms with Crippen LogP contribution in [0.25, 0.3) is 0 Å². The summed E-state index contributed by atoms with van der Waals surface area (Å²) < 4.78 is 7.19. The Morgan fingerprint density at radius 3 is 2.77 bits per heavy atom. The minimum Gasteiger partial charge on any atom is -0.379 e. The Labute approximate surface area is 132 Å². The standard InChI is InChI=1S/C16H26N4O2/c1-3-14-10-19(11-15(14)18-4-6-22-7-5-18)16(21)12-20-9-13(2)8-17-20/h8-9,14-15H,3-7,10-12H2,1-2H3/t14-,15-/m0/s1. The fourth-order valence-electron chi connectivity index (χ4n) is 3.57. The van der Waals surface area contributed by atoms with Gasteiger partial charge in [0.05, 0.1) is 19.4 Å². The number of likely N-dealkylation sites (tertiary alicyclic amines) is 1. The predicted molar refractivity (Wildman–Crippen MR) is 83.5 cm³/mol. The van der Waals surface area contributed by atoms with Gasteiger partial charge in [-0.2, -0.15) is 5.10 Å². The first-order chi connectivity index (χ1) is 10.7. The number of amides is 1. The Hall–Kier alpha value is -1.40. The maximum atomic E-state index is 12.5. The Balaban J connectivity index is 1.61. The molecule has 2 fully saturated rings. The number of hydrogen-bond donors (Lipinski definition) is 0. The van der Waals surface area contributed by atoms with Crippen LogP contribution < -0.4 is 0 Å². The number of aromatic nitrogens is 2. The third kappa shape index (κ3) is 3.33. The van der Waals surface area contributed by atoms with Gasteiger partial charge in [-0.3, -0.25) is 14.4 Å². The fourth-order valence-corrected chi connectivity index (χ4v) is 3.57. The molecule has 1 aromatic heterocycles.